The van der Waals surface area contributed by atoms with Gasteiger partial charge in [0.15, 0.2) is 0 Å². The summed E-state index contributed by atoms with van der Waals surface area (Å²) in [6.45, 7) is 4.63. The molecular weight excluding hydrogens is 342 g/mol. The maximum absolute atomic E-state index is 10.4. The van der Waals surface area contributed by atoms with Gasteiger partial charge >= 0.3 is 6.09 Å². The Bertz CT molecular complexity index is 467. The predicted octanol–water partition coefficient (Wildman–Crippen LogP) is 1.57. The zero-order chi connectivity index (χ0) is 18.9. The molecule has 0 bridgehead atoms. The van der Waals surface area contributed by atoms with E-state index in [2.05, 4.69) is 5.32 Å². The van der Waals surface area contributed by atoms with Crippen LogP contribution in [0.2, 0.25) is 0 Å². The minimum Gasteiger partial charge on any atom is -0.491 e. The number of amides is 1. The summed E-state index contributed by atoms with van der Waals surface area (Å²) < 4.78 is 26.5. The molecular formula is C18H29NO7. The third-order valence-corrected chi connectivity index (χ3v) is 3.29. The maximum atomic E-state index is 10.4. The zero-order valence-electron chi connectivity index (χ0n) is 15.3. The molecule has 0 aromatic heterocycles. The van der Waals surface area contributed by atoms with Crippen molar-refractivity contribution in [3.05, 3.63) is 29.8 Å². The molecule has 0 radical (unpaired) electrons. The van der Waals surface area contributed by atoms with Gasteiger partial charge in [-0.1, -0.05) is 12.1 Å². The molecule has 2 N–H and O–H groups in total. The highest BCUT2D eigenvalue weighted by Gasteiger charge is 1.98. The van der Waals surface area contributed by atoms with E-state index in [0.29, 0.717) is 65.8 Å². The molecule has 0 aliphatic carbocycles. The summed E-state index contributed by atoms with van der Waals surface area (Å²) in [5.41, 5.74) is 1.05. The lowest BCUT2D eigenvalue weighted by atomic mass is 10.1. The standard InChI is InChI=1S/C18H29NO7/c1-22-8-9-23-10-11-24-12-13-25-14-15-26-17-4-2-16(3-5-17)6-7-19-18(20)21/h2-5,19H,6-15H2,1H3,(H,20,21). The van der Waals surface area contributed by atoms with Gasteiger partial charge in [-0.25, -0.2) is 4.79 Å². The van der Waals surface area contributed by atoms with Gasteiger partial charge < -0.3 is 34.1 Å². The van der Waals surface area contributed by atoms with Gasteiger partial charge in [0.2, 0.25) is 0 Å². The minimum absolute atomic E-state index is 0.394. The molecule has 0 saturated heterocycles. The average molecular weight is 371 g/mol. The smallest absolute Gasteiger partial charge is 0.404 e. The van der Waals surface area contributed by atoms with Crippen molar-refractivity contribution in [1.29, 1.82) is 0 Å². The molecule has 0 saturated carbocycles. The molecule has 148 valence electrons. The van der Waals surface area contributed by atoms with Gasteiger partial charge in [0.1, 0.15) is 12.4 Å². The van der Waals surface area contributed by atoms with Crippen molar-refractivity contribution in [2.24, 2.45) is 0 Å². The fourth-order valence-electron chi connectivity index (χ4n) is 1.97. The second kappa shape index (κ2) is 15.4. The summed E-state index contributed by atoms with van der Waals surface area (Å²) in [4.78, 5) is 10.4. The van der Waals surface area contributed by atoms with Crippen LogP contribution in [0.3, 0.4) is 0 Å². The molecule has 1 aromatic rings. The van der Waals surface area contributed by atoms with Crippen LogP contribution < -0.4 is 10.1 Å². The quantitative estimate of drug-likeness (QED) is 0.426. The van der Waals surface area contributed by atoms with Crippen LogP contribution in [0, 0.1) is 0 Å². The van der Waals surface area contributed by atoms with Crippen LogP contribution >= 0.6 is 0 Å². The third-order valence-electron chi connectivity index (χ3n) is 3.29. The van der Waals surface area contributed by atoms with E-state index in [4.69, 9.17) is 28.8 Å². The zero-order valence-corrected chi connectivity index (χ0v) is 15.3. The monoisotopic (exact) mass is 371 g/mol. The number of nitrogens with one attached hydrogen (secondary N) is 1. The summed E-state index contributed by atoms with van der Waals surface area (Å²) in [5, 5.41) is 10.8. The highest BCUT2D eigenvalue weighted by molar-refractivity contribution is 5.64. The first-order valence-electron chi connectivity index (χ1n) is 8.63. The number of carboxylic acid groups (broad SMARTS) is 1. The Morgan fingerprint density at radius 3 is 1.96 bits per heavy atom. The molecule has 0 aliphatic rings. The molecule has 0 spiro atoms. The SMILES string of the molecule is COCCOCCOCCOCCOc1ccc(CCNC(=O)O)cc1. The van der Waals surface area contributed by atoms with E-state index in [-0.39, 0.29) is 0 Å². The highest BCUT2D eigenvalue weighted by atomic mass is 16.6. The van der Waals surface area contributed by atoms with Gasteiger partial charge in [0.25, 0.3) is 0 Å². The first kappa shape index (κ1) is 22.2. The molecule has 1 amide bonds. The minimum atomic E-state index is -1.01. The van der Waals surface area contributed by atoms with E-state index in [1.54, 1.807) is 7.11 Å². The molecule has 0 fully saturated rings. The second-order valence-electron chi connectivity index (χ2n) is 5.30. The Balaban J connectivity index is 1.94. The van der Waals surface area contributed by atoms with Crippen LogP contribution in [0.5, 0.6) is 5.75 Å². The molecule has 0 heterocycles. The van der Waals surface area contributed by atoms with Crippen LogP contribution in [0.25, 0.3) is 0 Å². The lowest BCUT2D eigenvalue weighted by Crippen LogP contribution is -2.23. The van der Waals surface area contributed by atoms with Crippen molar-refractivity contribution >= 4 is 6.09 Å². The van der Waals surface area contributed by atoms with Crippen molar-refractivity contribution in [2.45, 2.75) is 6.42 Å². The van der Waals surface area contributed by atoms with Gasteiger partial charge in [-0.3, -0.25) is 0 Å². The molecule has 26 heavy (non-hydrogen) atoms. The van der Waals surface area contributed by atoms with Gasteiger partial charge in [0.05, 0.1) is 46.2 Å². The predicted molar refractivity (Wildman–Crippen MR) is 96.0 cm³/mol. The molecule has 8 heteroatoms. The Morgan fingerprint density at radius 1 is 0.885 bits per heavy atom. The van der Waals surface area contributed by atoms with Crippen molar-refractivity contribution < 1.29 is 33.6 Å². The Hall–Kier alpha value is -1.87. The van der Waals surface area contributed by atoms with Gasteiger partial charge in [-0.15, -0.1) is 0 Å². The van der Waals surface area contributed by atoms with Crippen molar-refractivity contribution in [3.8, 4) is 5.75 Å². The Labute approximate surface area is 154 Å². The van der Waals surface area contributed by atoms with Crippen LogP contribution in [-0.4, -0.2) is 77.7 Å². The normalized spacial score (nSPS) is 10.7. The second-order valence-corrected chi connectivity index (χ2v) is 5.30. The van der Waals surface area contributed by atoms with E-state index in [1.165, 1.54) is 0 Å². The van der Waals surface area contributed by atoms with Crippen molar-refractivity contribution in [2.75, 3.05) is 66.5 Å². The van der Waals surface area contributed by atoms with Crippen LogP contribution in [0.4, 0.5) is 4.79 Å². The summed E-state index contributed by atoms with van der Waals surface area (Å²) in [5.74, 6) is 0.757. The molecule has 8 nitrogen and oxygen atoms in total. The number of benzene rings is 1. The van der Waals surface area contributed by atoms with Gasteiger partial charge in [-0.05, 0) is 24.1 Å². The molecule has 1 aromatic carbocycles. The van der Waals surface area contributed by atoms with E-state index in [9.17, 15) is 4.79 Å². The van der Waals surface area contributed by atoms with Crippen molar-refractivity contribution in [1.82, 2.24) is 5.32 Å². The largest absolute Gasteiger partial charge is 0.491 e. The van der Waals surface area contributed by atoms with Crippen LogP contribution in [0.1, 0.15) is 5.56 Å². The summed E-state index contributed by atoms with van der Waals surface area (Å²) >= 11 is 0. The van der Waals surface area contributed by atoms with E-state index < -0.39 is 6.09 Å². The average Bonchev–Trinajstić information content (AvgIpc) is 2.63. The third kappa shape index (κ3) is 12.5. The number of ether oxygens (including phenoxy) is 5. The topological polar surface area (TPSA) is 95.5 Å². The lowest BCUT2D eigenvalue weighted by molar-refractivity contribution is 0.000163. The van der Waals surface area contributed by atoms with Crippen LogP contribution in [-0.2, 0) is 25.4 Å². The van der Waals surface area contributed by atoms with Crippen LogP contribution in [0.15, 0.2) is 24.3 Å². The number of carbonyl (C=O) groups is 1. The molecule has 0 aliphatic heterocycles. The van der Waals surface area contributed by atoms with Gasteiger partial charge in [0, 0.05) is 13.7 Å². The summed E-state index contributed by atoms with van der Waals surface area (Å²) in [6.07, 6.45) is -0.363. The number of hydrogen-bond donors (Lipinski definition) is 2. The fraction of sp³-hybridized carbons (Fsp3) is 0.611. The van der Waals surface area contributed by atoms with E-state index >= 15 is 0 Å². The summed E-state index contributed by atoms with van der Waals surface area (Å²) in [6, 6.07) is 7.57. The molecule has 0 atom stereocenters. The first-order valence-corrected chi connectivity index (χ1v) is 8.63. The molecule has 1 rings (SSSR count). The Kier molecular flexibility index (Phi) is 13.1. The Morgan fingerprint density at radius 2 is 1.42 bits per heavy atom. The van der Waals surface area contributed by atoms with E-state index in [1.807, 2.05) is 24.3 Å². The maximum Gasteiger partial charge on any atom is 0.404 e. The number of rotatable bonds is 16. The van der Waals surface area contributed by atoms with Gasteiger partial charge in [-0.2, -0.15) is 0 Å². The molecule has 0 unspecified atom stereocenters. The lowest BCUT2D eigenvalue weighted by Gasteiger charge is -2.09. The number of methoxy groups -OCH3 is 1. The fourth-order valence-corrected chi connectivity index (χ4v) is 1.97. The summed E-state index contributed by atoms with van der Waals surface area (Å²) in [7, 11) is 1.64. The first-order chi connectivity index (χ1) is 12.7. The highest BCUT2D eigenvalue weighted by Crippen LogP contribution is 2.12. The number of hydrogen-bond acceptors (Lipinski definition) is 6. The van der Waals surface area contributed by atoms with E-state index in [0.717, 1.165) is 11.3 Å². The van der Waals surface area contributed by atoms with Crippen molar-refractivity contribution in [3.63, 3.8) is 0 Å².